The zero-order valence-electron chi connectivity index (χ0n) is 13.9. The maximum Gasteiger partial charge on any atom is 0.248 e. The molecule has 4 nitrogen and oxygen atoms in total. The molecule has 1 amide bonds. The van der Waals surface area contributed by atoms with E-state index in [4.69, 9.17) is 4.74 Å². The van der Waals surface area contributed by atoms with Crippen molar-refractivity contribution in [3.8, 4) is 0 Å². The smallest absolute Gasteiger partial charge is 0.248 e. The molecule has 0 aromatic heterocycles. The fraction of sp³-hybridized carbons (Fsp3) is 0.944. The molecule has 0 spiro atoms. The summed E-state index contributed by atoms with van der Waals surface area (Å²) in [6, 6.07) is 0. The third kappa shape index (κ3) is 2.58. The lowest BCUT2D eigenvalue weighted by Crippen LogP contribution is -2.64. The van der Waals surface area contributed by atoms with E-state index < -0.39 is 0 Å². The molecule has 0 N–H and O–H groups in total. The van der Waals surface area contributed by atoms with E-state index in [0.29, 0.717) is 12.1 Å². The third-order valence-corrected chi connectivity index (χ3v) is 6.74. The molecular weight excluding hydrogens is 276 g/mol. The molecule has 0 radical (unpaired) electrons. The summed E-state index contributed by atoms with van der Waals surface area (Å²) in [5.41, 5.74) is 0.504. The van der Waals surface area contributed by atoms with Crippen LogP contribution in [0.3, 0.4) is 0 Å². The zero-order valence-corrected chi connectivity index (χ0v) is 13.9. The van der Waals surface area contributed by atoms with Gasteiger partial charge in [0.05, 0.1) is 0 Å². The van der Waals surface area contributed by atoms with Gasteiger partial charge in [0.25, 0.3) is 0 Å². The average molecular weight is 306 g/mol. The van der Waals surface area contributed by atoms with Crippen molar-refractivity contribution in [2.24, 2.45) is 17.8 Å². The molecule has 4 aliphatic carbocycles. The molecular formula is C18H30N2O2. The predicted molar refractivity (Wildman–Crippen MR) is 85.5 cm³/mol. The number of carbonyl (C=O) groups is 1. The second-order valence-corrected chi connectivity index (χ2v) is 8.15. The largest absolute Gasteiger partial charge is 0.372 e. The van der Waals surface area contributed by atoms with Crippen LogP contribution >= 0.6 is 0 Å². The first-order valence-electron chi connectivity index (χ1n) is 9.29. The summed E-state index contributed by atoms with van der Waals surface area (Å²) in [7, 11) is 0. The minimum atomic E-state index is 0.173. The molecule has 1 saturated heterocycles. The van der Waals surface area contributed by atoms with Gasteiger partial charge in [-0.2, -0.15) is 0 Å². The second-order valence-electron chi connectivity index (χ2n) is 8.15. The standard InChI is InChI=1S/C18H30N2O2/c1-2-22-13-17(21)19-3-5-20(6-4-19)18-10-14-7-15(11-18)9-16(8-14)12-18/h14-16H,2-13H2,1H3. The highest BCUT2D eigenvalue weighted by atomic mass is 16.5. The molecule has 0 atom stereocenters. The molecule has 0 unspecified atom stereocenters. The van der Waals surface area contributed by atoms with Gasteiger partial charge < -0.3 is 9.64 Å². The van der Waals surface area contributed by atoms with Crippen LogP contribution < -0.4 is 0 Å². The highest BCUT2D eigenvalue weighted by Gasteiger charge is 2.53. The van der Waals surface area contributed by atoms with E-state index in [-0.39, 0.29) is 12.5 Å². The van der Waals surface area contributed by atoms with Crippen LogP contribution in [-0.2, 0) is 9.53 Å². The molecule has 0 aromatic rings. The van der Waals surface area contributed by atoms with Crippen LogP contribution in [0.4, 0.5) is 0 Å². The molecule has 22 heavy (non-hydrogen) atoms. The molecule has 4 bridgehead atoms. The summed E-state index contributed by atoms with van der Waals surface area (Å²) in [6.45, 7) is 6.76. The van der Waals surface area contributed by atoms with Gasteiger partial charge >= 0.3 is 0 Å². The average Bonchev–Trinajstić information content (AvgIpc) is 2.51. The van der Waals surface area contributed by atoms with E-state index >= 15 is 0 Å². The fourth-order valence-electron chi connectivity index (χ4n) is 6.16. The van der Waals surface area contributed by atoms with Crippen LogP contribution in [0, 0.1) is 17.8 Å². The summed E-state index contributed by atoms with van der Waals surface area (Å²) in [5, 5.41) is 0. The molecule has 5 fully saturated rings. The summed E-state index contributed by atoms with van der Waals surface area (Å²) in [5.74, 6) is 3.18. The Balaban J connectivity index is 1.37. The van der Waals surface area contributed by atoms with E-state index in [1.165, 1.54) is 38.5 Å². The maximum absolute atomic E-state index is 12.1. The Labute approximate surface area is 134 Å². The van der Waals surface area contributed by atoms with Gasteiger partial charge in [-0.25, -0.2) is 0 Å². The molecule has 1 aliphatic heterocycles. The minimum absolute atomic E-state index is 0.173. The Bertz CT molecular complexity index is 394. The molecule has 5 rings (SSSR count). The van der Waals surface area contributed by atoms with Crippen molar-refractivity contribution in [3.05, 3.63) is 0 Å². The van der Waals surface area contributed by atoms with Gasteiger partial charge in [-0.15, -0.1) is 0 Å². The fourth-order valence-corrected chi connectivity index (χ4v) is 6.16. The van der Waals surface area contributed by atoms with Gasteiger partial charge in [-0.1, -0.05) is 0 Å². The lowest BCUT2D eigenvalue weighted by Gasteiger charge is -2.61. The van der Waals surface area contributed by atoms with Crippen molar-refractivity contribution < 1.29 is 9.53 Å². The highest BCUT2D eigenvalue weighted by Crippen LogP contribution is 2.57. The monoisotopic (exact) mass is 306 g/mol. The van der Waals surface area contributed by atoms with Gasteiger partial charge in [0.15, 0.2) is 0 Å². The normalized spacial score (nSPS) is 41.1. The van der Waals surface area contributed by atoms with Crippen molar-refractivity contribution in [1.82, 2.24) is 9.80 Å². The van der Waals surface area contributed by atoms with Crippen LogP contribution in [0.2, 0.25) is 0 Å². The first-order valence-corrected chi connectivity index (χ1v) is 9.29. The number of amides is 1. The number of rotatable bonds is 4. The Kier molecular flexibility index (Phi) is 3.93. The molecule has 1 heterocycles. The topological polar surface area (TPSA) is 32.8 Å². The SMILES string of the molecule is CCOCC(=O)N1CCN(C23CC4CC(CC(C4)C2)C3)CC1. The number of hydrogen-bond acceptors (Lipinski definition) is 3. The second kappa shape index (κ2) is 5.79. The quantitative estimate of drug-likeness (QED) is 0.798. The number of ether oxygens (including phenoxy) is 1. The Morgan fingerprint density at radius 1 is 1.00 bits per heavy atom. The van der Waals surface area contributed by atoms with Crippen LogP contribution in [0.1, 0.15) is 45.4 Å². The predicted octanol–water partition coefficient (Wildman–Crippen LogP) is 2.14. The molecule has 124 valence electrons. The summed E-state index contributed by atoms with van der Waals surface area (Å²) >= 11 is 0. The highest BCUT2D eigenvalue weighted by molar-refractivity contribution is 5.77. The number of hydrogen-bond donors (Lipinski definition) is 0. The third-order valence-electron chi connectivity index (χ3n) is 6.74. The van der Waals surface area contributed by atoms with Gasteiger partial charge in [-0.05, 0) is 63.2 Å². The van der Waals surface area contributed by atoms with Gasteiger partial charge in [-0.3, -0.25) is 9.69 Å². The summed E-state index contributed by atoms with van der Waals surface area (Å²) in [6.07, 6.45) is 8.83. The number of piperazine rings is 1. The summed E-state index contributed by atoms with van der Waals surface area (Å²) < 4.78 is 5.27. The summed E-state index contributed by atoms with van der Waals surface area (Å²) in [4.78, 5) is 16.9. The van der Waals surface area contributed by atoms with Crippen molar-refractivity contribution in [1.29, 1.82) is 0 Å². The molecule has 4 heteroatoms. The number of carbonyl (C=O) groups excluding carboxylic acids is 1. The van der Waals surface area contributed by atoms with Crippen LogP contribution in [-0.4, -0.2) is 60.6 Å². The minimum Gasteiger partial charge on any atom is -0.372 e. The Morgan fingerprint density at radius 3 is 2.05 bits per heavy atom. The number of nitrogens with zero attached hydrogens (tertiary/aromatic N) is 2. The van der Waals surface area contributed by atoms with Gasteiger partial charge in [0.2, 0.25) is 5.91 Å². The van der Waals surface area contributed by atoms with E-state index in [0.717, 1.165) is 43.9 Å². The maximum atomic E-state index is 12.1. The lowest BCUT2D eigenvalue weighted by atomic mass is 9.52. The lowest BCUT2D eigenvalue weighted by molar-refractivity contribution is -0.142. The van der Waals surface area contributed by atoms with Gasteiger partial charge in [0, 0.05) is 38.3 Å². The van der Waals surface area contributed by atoms with E-state index in [1.54, 1.807) is 0 Å². The van der Waals surface area contributed by atoms with Crippen molar-refractivity contribution in [3.63, 3.8) is 0 Å². The molecule has 5 aliphatic rings. The van der Waals surface area contributed by atoms with E-state index in [2.05, 4.69) is 4.90 Å². The van der Waals surface area contributed by atoms with Crippen molar-refractivity contribution in [2.75, 3.05) is 39.4 Å². The first kappa shape index (κ1) is 14.9. The van der Waals surface area contributed by atoms with E-state index in [1.807, 2.05) is 11.8 Å². The van der Waals surface area contributed by atoms with E-state index in [9.17, 15) is 4.79 Å². The Hall–Kier alpha value is -0.610. The Morgan fingerprint density at radius 2 is 1.55 bits per heavy atom. The van der Waals surface area contributed by atoms with Crippen molar-refractivity contribution in [2.45, 2.75) is 51.0 Å². The molecule has 4 saturated carbocycles. The first-order chi connectivity index (χ1) is 10.7. The van der Waals surface area contributed by atoms with Crippen molar-refractivity contribution >= 4 is 5.91 Å². The molecule has 0 aromatic carbocycles. The van der Waals surface area contributed by atoms with Crippen LogP contribution in [0.5, 0.6) is 0 Å². The van der Waals surface area contributed by atoms with Crippen LogP contribution in [0.15, 0.2) is 0 Å². The zero-order chi connectivity index (χ0) is 15.2. The van der Waals surface area contributed by atoms with Crippen LogP contribution in [0.25, 0.3) is 0 Å². The van der Waals surface area contributed by atoms with Gasteiger partial charge in [0.1, 0.15) is 6.61 Å².